The molecule has 1 radical (unpaired) electrons. The van der Waals surface area contributed by atoms with Crippen molar-refractivity contribution in [1.29, 1.82) is 0 Å². The summed E-state index contributed by atoms with van der Waals surface area (Å²) in [5.74, 6) is -1.12. The summed E-state index contributed by atoms with van der Waals surface area (Å²) in [5, 5.41) is 8.71. The zero-order chi connectivity index (χ0) is 9.68. The van der Waals surface area contributed by atoms with Gasteiger partial charge in [-0.3, -0.25) is 10.5 Å². The van der Waals surface area contributed by atoms with Crippen LogP contribution in [0.2, 0.25) is 0 Å². The quantitative estimate of drug-likeness (QED) is 0.746. The van der Waals surface area contributed by atoms with Crippen molar-refractivity contribution in [3.05, 3.63) is 35.9 Å². The average Bonchev–Trinajstić information content (AvgIpc) is 2.15. The molecule has 0 saturated heterocycles. The number of hydrogen-bond acceptors (Lipinski definition) is 2. The normalized spacial score (nSPS) is 12.4. The van der Waals surface area contributed by atoms with Gasteiger partial charge in [-0.25, -0.2) is 0 Å². The van der Waals surface area contributed by atoms with Crippen LogP contribution in [0.15, 0.2) is 30.3 Å². The summed E-state index contributed by atoms with van der Waals surface area (Å²) in [5.41, 5.74) is 7.83. The molecule has 1 unspecified atom stereocenters. The first-order chi connectivity index (χ1) is 6.25. The number of rotatable bonds is 4. The molecule has 1 atom stereocenters. The lowest BCUT2D eigenvalue weighted by Gasteiger charge is -2.10. The molecule has 0 aliphatic rings. The maximum atomic E-state index is 10.9. The van der Waals surface area contributed by atoms with Crippen molar-refractivity contribution >= 4 is 5.91 Å². The van der Waals surface area contributed by atoms with E-state index in [-0.39, 0.29) is 6.61 Å². The number of carbonyl (C=O) groups is 1. The van der Waals surface area contributed by atoms with Crippen molar-refractivity contribution in [3.63, 3.8) is 0 Å². The van der Waals surface area contributed by atoms with Crippen LogP contribution in [0.5, 0.6) is 0 Å². The highest BCUT2D eigenvalue weighted by atomic mass is 16.3. The van der Waals surface area contributed by atoms with Crippen molar-refractivity contribution in [3.8, 4) is 0 Å². The van der Waals surface area contributed by atoms with Gasteiger partial charge >= 0.3 is 0 Å². The second-order valence-corrected chi connectivity index (χ2v) is 2.84. The van der Waals surface area contributed by atoms with Gasteiger partial charge < -0.3 is 5.11 Å². The Morgan fingerprint density at radius 1 is 1.38 bits per heavy atom. The lowest BCUT2D eigenvalue weighted by atomic mass is 9.96. The van der Waals surface area contributed by atoms with Crippen LogP contribution >= 0.6 is 0 Å². The smallest absolute Gasteiger partial charge is 0.246 e. The van der Waals surface area contributed by atoms with E-state index in [2.05, 4.69) is 0 Å². The predicted molar refractivity (Wildman–Crippen MR) is 49.0 cm³/mol. The average molecular weight is 178 g/mol. The molecule has 0 aliphatic heterocycles. The molecule has 3 nitrogen and oxygen atoms in total. The van der Waals surface area contributed by atoms with Crippen LogP contribution in [0, 0.1) is 0 Å². The number of benzene rings is 1. The summed E-state index contributed by atoms with van der Waals surface area (Å²) in [6.07, 6.45) is 0.326. The summed E-state index contributed by atoms with van der Waals surface area (Å²) in [6, 6.07) is 9.10. The lowest BCUT2D eigenvalue weighted by molar-refractivity contribution is -0.120. The molecule has 0 saturated carbocycles. The number of aliphatic hydroxyl groups excluding tert-OH is 1. The molecule has 1 aromatic carbocycles. The Kier molecular flexibility index (Phi) is 3.46. The maximum absolute atomic E-state index is 10.9. The number of nitrogens with one attached hydrogen (secondary N) is 1. The Hall–Kier alpha value is -1.35. The molecule has 0 heterocycles. The fraction of sp³-hybridized carbons (Fsp3) is 0.300. The van der Waals surface area contributed by atoms with Crippen molar-refractivity contribution < 1.29 is 9.90 Å². The highest BCUT2D eigenvalue weighted by Gasteiger charge is 2.16. The van der Waals surface area contributed by atoms with Gasteiger partial charge in [0.2, 0.25) is 5.91 Å². The van der Waals surface area contributed by atoms with Gasteiger partial charge in [-0.15, -0.1) is 0 Å². The summed E-state index contributed by atoms with van der Waals surface area (Å²) in [6.45, 7) is -0.0653. The predicted octanol–water partition coefficient (Wildman–Crippen LogP) is 0.962. The largest absolute Gasteiger partial charge is 0.396 e. The summed E-state index contributed by atoms with van der Waals surface area (Å²) >= 11 is 0. The number of hydrogen-bond donors (Lipinski definition) is 1. The molecular formula is C10H12NO2. The van der Waals surface area contributed by atoms with E-state index in [4.69, 9.17) is 10.8 Å². The first-order valence-electron chi connectivity index (χ1n) is 4.17. The van der Waals surface area contributed by atoms with Crippen molar-refractivity contribution in [1.82, 2.24) is 5.73 Å². The fourth-order valence-electron chi connectivity index (χ4n) is 1.26. The van der Waals surface area contributed by atoms with Gasteiger partial charge in [-0.2, -0.15) is 0 Å². The molecule has 0 bridgehead atoms. The van der Waals surface area contributed by atoms with Crippen LogP contribution < -0.4 is 5.73 Å². The lowest BCUT2D eigenvalue weighted by Crippen LogP contribution is -2.14. The van der Waals surface area contributed by atoms with Gasteiger partial charge in [-0.1, -0.05) is 30.3 Å². The second-order valence-electron chi connectivity index (χ2n) is 2.84. The number of carbonyl (C=O) groups excluding carboxylic acids is 1. The molecule has 1 aromatic rings. The SMILES string of the molecule is [NH]C(=O)C(CCO)c1ccccc1. The van der Waals surface area contributed by atoms with Crippen molar-refractivity contribution in [2.75, 3.05) is 6.61 Å². The molecule has 1 amide bonds. The minimum absolute atomic E-state index is 0.0653. The molecule has 0 spiro atoms. The minimum Gasteiger partial charge on any atom is -0.396 e. The van der Waals surface area contributed by atoms with Crippen LogP contribution in [0.1, 0.15) is 17.9 Å². The monoisotopic (exact) mass is 178 g/mol. The van der Waals surface area contributed by atoms with Gasteiger partial charge in [0, 0.05) is 6.61 Å². The highest BCUT2D eigenvalue weighted by molar-refractivity contribution is 5.81. The third-order valence-electron chi connectivity index (χ3n) is 1.94. The van der Waals surface area contributed by atoms with Gasteiger partial charge in [0.25, 0.3) is 0 Å². The first kappa shape index (κ1) is 9.74. The molecule has 69 valence electrons. The summed E-state index contributed by atoms with van der Waals surface area (Å²) in [7, 11) is 0. The van der Waals surface area contributed by atoms with Crippen LogP contribution in [0.4, 0.5) is 0 Å². The highest BCUT2D eigenvalue weighted by Crippen LogP contribution is 2.18. The molecule has 2 N–H and O–H groups in total. The van der Waals surface area contributed by atoms with Crippen LogP contribution in [0.3, 0.4) is 0 Å². The Labute approximate surface area is 77.2 Å². The van der Waals surface area contributed by atoms with Gasteiger partial charge in [0.05, 0.1) is 5.92 Å². The number of amides is 1. The van der Waals surface area contributed by atoms with E-state index in [0.29, 0.717) is 6.42 Å². The minimum atomic E-state index is -0.639. The zero-order valence-corrected chi connectivity index (χ0v) is 7.23. The second kappa shape index (κ2) is 4.62. The van der Waals surface area contributed by atoms with Gasteiger partial charge in [0.1, 0.15) is 0 Å². The van der Waals surface area contributed by atoms with E-state index < -0.39 is 11.8 Å². The fourth-order valence-corrected chi connectivity index (χ4v) is 1.26. The number of aliphatic hydroxyl groups is 1. The molecule has 0 aromatic heterocycles. The van der Waals surface area contributed by atoms with Crippen LogP contribution in [-0.4, -0.2) is 17.6 Å². The zero-order valence-electron chi connectivity index (χ0n) is 7.23. The first-order valence-corrected chi connectivity index (χ1v) is 4.17. The molecule has 3 heteroatoms. The molecule has 0 fully saturated rings. The van der Waals surface area contributed by atoms with Gasteiger partial charge in [-0.05, 0) is 12.0 Å². The van der Waals surface area contributed by atoms with Crippen LogP contribution in [-0.2, 0) is 4.79 Å². The topological polar surface area (TPSA) is 61.1 Å². The van der Waals surface area contributed by atoms with Gasteiger partial charge in [0.15, 0.2) is 0 Å². The Morgan fingerprint density at radius 2 is 2.00 bits per heavy atom. The van der Waals surface area contributed by atoms with Crippen LogP contribution in [0.25, 0.3) is 0 Å². The van der Waals surface area contributed by atoms with E-state index in [1.807, 2.05) is 18.2 Å². The van der Waals surface area contributed by atoms with E-state index in [9.17, 15) is 4.79 Å². The molecule has 1 rings (SSSR count). The van der Waals surface area contributed by atoms with E-state index in [0.717, 1.165) is 5.56 Å². The Morgan fingerprint density at radius 3 is 2.46 bits per heavy atom. The maximum Gasteiger partial charge on any atom is 0.246 e. The van der Waals surface area contributed by atoms with Crippen molar-refractivity contribution in [2.24, 2.45) is 0 Å². The van der Waals surface area contributed by atoms with E-state index in [1.54, 1.807) is 12.1 Å². The summed E-state index contributed by atoms with van der Waals surface area (Å²) in [4.78, 5) is 10.9. The standard InChI is InChI=1S/C10H12NO2/c11-10(13)9(6-7-12)8-4-2-1-3-5-8/h1-5,9,11-12H,6-7H2. The van der Waals surface area contributed by atoms with E-state index in [1.165, 1.54) is 0 Å². The molecular weight excluding hydrogens is 166 g/mol. The van der Waals surface area contributed by atoms with Crippen molar-refractivity contribution in [2.45, 2.75) is 12.3 Å². The third-order valence-corrected chi connectivity index (χ3v) is 1.94. The Bertz CT molecular complexity index is 272. The molecule has 13 heavy (non-hydrogen) atoms. The Balaban J connectivity index is 2.82. The third kappa shape index (κ3) is 2.56. The summed E-state index contributed by atoms with van der Waals surface area (Å²) < 4.78 is 0. The molecule has 0 aliphatic carbocycles. The van der Waals surface area contributed by atoms with E-state index >= 15 is 0 Å².